The van der Waals surface area contributed by atoms with Gasteiger partial charge in [0.15, 0.2) is 0 Å². The summed E-state index contributed by atoms with van der Waals surface area (Å²) in [6, 6.07) is 0.595. The van der Waals surface area contributed by atoms with E-state index < -0.39 is 6.43 Å². The molecule has 0 atom stereocenters. The van der Waals surface area contributed by atoms with Crippen LogP contribution in [0.4, 0.5) is 14.6 Å². The summed E-state index contributed by atoms with van der Waals surface area (Å²) in [5.74, 6) is 0.779. The van der Waals surface area contributed by atoms with E-state index in [0.717, 1.165) is 17.1 Å². The molecule has 0 radical (unpaired) electrons. The van der Waals surface area contributed by atoms with E-state index in [1.807, 2.05) is 6.92 Å². The first kappa shape index (κ1) is 13.3. The average Bonchev–Trinajstić information content (AvgIpc) is 3.01. The summed E-state index contributed by atoms with van der Waals surface area (Å²) in [4.78, 5) is 1.58. The number of halogens is 2. The van der Waals surface area contributed by atoms with Crippen LogP contribution in [0.5, 0.6) is 0 Å². The molecular weight excluding hydrogens is 238 g/mol. The van der Waals surface area contributed by atoms with E-state index in [0.29, 0.717) is 12.6 Å². The number of nitrogens with zero attached hydrogens (tertiary/aromatic N) is 3. The van der Waals surface area contributed by atoms with Gasteiger partial charge >= 0.3 is 0 Å². The summed E-state index contributed by atoms with van der Waals surface area (Å²) in [6.45, 7) is 2.35. The maximum atomic E-state index is 12.5. The van der Waals surface area contributed by atoms with Crippen LogP contribution < -0.4 is 10.2 Å². The van der Waals surface area contributed by atoms with Crippen LogP contribution in [-0.2, 0) is 13.6 Å². The third kappa shape index (κ3) is 2.98. The van der Waals surface area contributed by atoms with Crippen molar-refractivity contribution in [1.82, 2.24) is 15.1 Å². The van der Waals surface area contributed by atoms with Crippen LogP contribution in [0.1, 0.15) is 24.1 Å². The van der Waals surface area contributed by atoms with Gasteiger partial charge in [-0.25, -0.2) is 8.78 Å². The fourth-order valence-corrected chi connectivity index (χ4v) is 2.20. The summed E-state index contributed by atoms with van der Waals surface area (Å²) in [7, 11) is 3.48. The zero-order valence-electron chi connectivity index (χ0n) is 11.1. The number of rotatable bonds is 6. The van der Waals surface area contributed by atoms with E-state index in [9.17, 15) is 8.78 Å². The Hall–Kier alpha value is -1.17. The molecule has 0 spiro atoms. The molecule has 0 aromatic carbocycles. The Labute approximate surface area is 106 Å². The van der Waals surface area contributed by atoms with Crippen molar-refractivity contribution in [3.05, 3.63) is 11.3 Å². The van der Waals surface area contributed by atoms with Gasteiger partial charge in [0.2, 0.25) is 0 Å². The van der Waals surface area contributed by atoms with Crippen LogP contribution in [0.25, 0.3) is 0 Å². The molecular formula is C12H20F2N4. The van der Waals surface area contributed by atoms with E-state index in [1.165, 1.54) is 12.8 Å². The molecule has 0 bridgehead atoms. The van der Waals surface area contributed by atoms with Gasteiger partial charge in [-0.3, -0.25) is 4.68 Å². The van der Waals surface area contributed by atoms with Crippen LogP contribution >= 0.6 is 0 Å². The number of aryl methyl sites for hydroxylation is 2. The Morgan fingerprint density at radius 2 is 2.17 bits per heavy atom. The quantitative estimate of drug-likeness (QED) is 0.843. The molecule has 0 unspecified atom stereocenters. The van der Waals surface area contributed by atoms with Gasteiger partial charge in [-0.1, -0.05) is 0 Å². The SMILES string of the molecule is Cc1nn(C)c(N(C)CC(F)F)c1CNC1CC1. The molecule has 1 aromatic heterocycles. The topological polar surface area (TPSA) is 33.1 Å². The minimum atomic E-state index is -2.34. The molecule has 0 amide bonds. The second kappa shape index (κ2) is 5.22. The normalized spacial score (nSPS) is 15.4. The molecule has 1 fully saturated rings. The van der Waals surface area contributed by atoms with E-state index in [2.05, 4.69) is 10.4 Å². The van der Waals surface area contributed by atoms with Crippen molar-refractivity contribution in [2.45, 2.75) is 38.8 Å². The summed E-state index contributed by atoms with van der Waals surface area (Å²) in [5.41, 5.74) is 1.93. The molecule has 1 aliphatic rings. The molecule has 1 N–H and O–H groups in total. The molecule has 2 rings (SSSR count). The number of anilines is 1. The zero-order chi connectivity index (χ0) is 13.3. The van der Waals surface area contributed by atoms with Gasteiger partial charge in [0.1, 0.15) is 5.82 Å². The van der Waals surface area contributed by atoms with E-state index in [-0.39, 0.29) is 6.54 Å². The van der Waals surface area contributed by atoms with E-state index in [4.69, 9.17) is 0 Å². The Morgan fingerprint density at radius 3 is 2.72 bits per heavy atom. The lowest BCUT2D eigenvalue weighted by Crippen LogP contribution is -2.28. The second-order valence-corrected chi connectivity index (χ2v) is 4.94. The molecule has 4 nitrogen and oxygen atoms in total. The van der Waals surface area contributed by atoms with Crippen LogP contribution in [0, 0.1) is 6.92 Å². The highest BCUT2D eigenvalue weighted by molar-refractivity contribution is 5.49. The summed E-state index contributed by atoms with van der Waals surface area (Å²) < 4.78 is 26.6. The molecule has 1 saturated carbocycles. The van der Waals surface area contributed by atoms with Crippen molar-refractivity contribution in [1.29, 1.82) is 0 Å². The molecule has 0 saturated heterocycles. The van der Waals surface area contributed by atoms with Crippen molar-refractivity contribution in [3.8, 4) is 0 Å². The first-order valence-electron chi connectivity index (χ1n) is 6.24. The average molecular weight is 258 g/mol. The summed E-state index contributed by atoms with van der Waals surface area (Å²) in [5, 5.41) is 7.74. The van der Waals surface area contributed by atoms with Crippen molar-refractivity contribution in [2.24, 2.45) is 7.05 Å². The van der Waals surface area contributed by atoms with Crippen LogP contribution in [0.3, 0.4) is 0 Å². The molecule has 1 aromatic rings. The maximum absolute atomic E-state index is 12.5. The lowest BCUT2D eigenvalue weighted by Gasteiger charge is -2.20. The fraction of sp³-hybridized carbons (Fsp3) is 0.750. The number of hydrogen-bond acceptors (Lipinski definition) is 3. The monoisotopic (exact) mass is 258 g/mol. The van der Waals surface area contributed by atoms with Gasteiger partial charge in [-0.05, 0) is 19.8 Å². The molecule has 6 heteroatoms. The lowest BCUT2D eigenvalue weighted by atomic mass is 10.2. The van der Waals surface area contributed by atoms with Gasteiger partial charge in [0, 0.05) is 32.2 Å². The Morgan fingerprint density at radius 1 is 1.50 bits per heavy atom. The fourth-order valence-electron chi connectivity index (χ4n) is 2.20. The highest BCUT2D eigenvalue weighted by atomic mass is 19.3. The zero-order valence-corrected chi connectivity index (χ0v) is 11.1. The minimum Gasteiger partial charge on any atom is -0.354 e. The van der Waals surface area contributed by atoms with E-state index in [1.54, 1.807) is 23.7 Å². The summed E-state index contributed by atoms with van der Waals surface area (Å²) in [6.07, 6.45) is 0.0812. The predicted octanol–water partition coefficient (Wildman–Crippen LogP) is 1.68. The van der Waals surface area contributed by atoms with Crippen molar-refractivity contribution in [2.75, 3.05) is 18.5 Å². The molecule has 102 valence electrons. The van der Waals surface area contributed by atoms with Crippen LogP contribution in [0.2, 0.25) is 0 Å². The number of hydrogen-bond donors (Lipinski definition) is 1. The van der Waals surface area contributed by atoms with Crippen molar-refractivity contribution < 1.29 is 8.78 Å². The minimum absolute atomic E-state index is 0.268. The Kier molecular flexibility index (Phi) is 3.85. The van der Waals surface area contributed by atoms with Gasteiger partial charge in [-0.2, -0.15) is 5.10 Å². The third-order valence-corrected chi connectivity index (χ3v) is 3.23. The van der Waals surface area contributed by atoms with Crippen molar-refractivity contribution in [3.63, 3.8) is 0 Å². The van der Waals surface area contributed by atoms with Crippen LogP contribution in [-0.4, -0.2) is 35.8 Å². The smallest absolute Gasteiger partial charge is 0.255 e. The Balaban J connectivity index is 2.14. The largest absolute Gasteiger partial charge is 0.354 e. The standard InChI is InChI=1S/C12H20F2N4/c1-8-10(6-15-9-4-5-9)12(18(3)16-8)17(2)7-11(13)14/h9,11,15H,4-7H2,1-3H3. The van der Waals surface area contributed by atoms with Crippen molar-refractivity contribution >= 4 is 5.82 Å². The van der Waals surface area contributed by atoms with Gasteiger partial charge in [0.05, 0.1) is 12.2 Å². The van der Waals surface area contributed by atoms with Gasteiger partial charge in [0.25, 0.3) is 6.43 Å². The lowest BCUT2D eigenvalue weighted by molar-refractivity contribution is 0.156. The molecule has 0 aliphatic heterocycles. The number of alkyl halides is 2. The number of aromatic nitrogens is 2. The van der Waals surface area contributed by atoms with Crippen LogP contribution in [0.15, 0.2) is 0 Å². The Bertz CT molecular complexity index is 412. The summed E-state index contributed by atoms with van der Waals surface area (Å²) >= 11 is 0. The molecule has 1 heterocycles. The third-order valence-electron chi connectivity index (χ3n) is 3.23. The first-order valence-corrected chi connectivity index (χ1v) is 6.24. The predicted molar refractivity (Wildman–Crippen MR) is 67.1 cm³/mol. The number of nitrogens with one attached hydrogen (secondary N) is 1. The first-order chi connectivity index (χ1) is 8.49. The van der Waals surface area contributed by atoms with Gasteiger partial charge < -0.3 is 10.2 Å². The maximum Gasteiger partial charge on any atom is 0.255 e. The van der Waals surface area contributed by atoms with E-state index >= 15 is 0 Å². The molecule has 1 aliphatic carbocycles. The van der Waals surface area contributed by atoms with Gasteiger partial charge in [-0.15, -0.1) is 0 Å². The second-order valence-electron chi connectivity index (χ2n) is 4.94. The highest BCUT2D eigenvalue weighted by Crippen LogP contribution is 2.25. The highest BCUT2D eigenvalue weighted by Gasteiger charge is 2.23. The molecule has 18 heavy (non-hydrogen) atoms.